The summed E-state index contributed by atoms with van der Waals surface area (Å²) in [6.45, 7) is 4.87. The van der Waals surface area contributed by atoms with E-state index < -0.39 is 0 Å². The van der Waals surface area contributed by atoms with E-state index in [1.54, 1.807) is 0 Å². The predicted octanol–water partition coefficient (Wildman–Crippen LogP) is 1.87. The van der Waals surface area contributed by atoms with Gasteiger partial charge in [0.25, 0.3) is 0 Å². The fourth-order valence-electron chi connectivity index (χ4n) is 2.09. The van der Waals surface area contributed by atoms with E-state index in [2.05, 4.69) is 43.4 Å². The molecule has 1 aromatic carbocycles. The first-order valence-electron chi connectivity index (χ1n) is 7.06. The first-order chi connectivity index (χ1) is 9.56. The molecule has 4 nitrogen and oxygen atoms in total. The molecule has 1 unspecified atom stereocenters. The molecule has 0 amide bonds. The zero-order chi connectivity index (χ0) is 15.0. The van der Waals surface area contributed by atoms with Crippen molar-refractivity contribution in [1.82, 2.24) is 5.32 Å². The van der Waals surface area contributed by atoms with Crippen LogP contribution in [-0.4, -0.2) is 37.4 Å². The van der Waals surface area contributed by atoms with Gasteiger partial charge in [0.15, 0.2) is 0 Å². The Balaban J connectivity index is 2.65. The zero-order valence-electron chi connectivity index (χ0n) is 12.6. The number of hydrogen-bond acceptors (Lipinski definition) is 4. The van der Waals surface area contributed by atoms with Gasteiger partial charge in [0.05, 0.1) is 20.1 Å². The maximum atomic E-state index is 11.4. The van der Waals surface area contributed by atoms with Crippen LogP contribution in [0, 0.1) is 0 Å². The third-order valence-corrected chi connectivity index (χ3v) is 3.31. The van der Waals surface area contributed by atoms with Crippen molar-refractivity contribution in [2.75, 3.05) is 20.3 Å². The normalized spacial score (nSPS) is 12.4. The highest BCUT2D eigenvalue weighted by molar-refractivity contribution is 5.70. The molecule has 0 aliphatic heterocycles. The molecule has 0 aliphatic carbocycles. The molecule has 1 rings (SSSR count). The van der Waals surface area contributed by atoms with Crippen LogP contribution in [0.1, 0.15) is 37.3 Å². The molecule has 0 aliphatic rings. The number of nitrogens with one attached hydrogen (secondary N) is 1. The second-order valence-electron chi connectivity index (χ2n) is 5.26. The summed E-state index contributed by atoms with van der Waals surface area (Å²) in [6.07, 6.45) is 1.05. The molecule has 0 spiro atoms. The van der Waals surface area contributed by atoms with Crippen molar-refractivity contribution < 1.29 is 14.6 Å². The van der Waals surface area contributed by atoms with Crippen LogP contribution in [0.5, 0.6) is 0 Å². The molecular weight excluding hydrogens is 254 g/mol. The number of carbonyl (C=O) groups is 1. The van der Waals surface area contributed by atoms with Crippen molar-refractivity contribution in [3.63, 3.8) is 0 Å². The van der Waals surface area contributed by atoms with Gasteiger partial charge < -0.3 is 15.2 Å². The summed E-state index contributed by atoms with van der Waals surface area (Å²) < 4.78 is 4.71. The minimum absolute atomic E-state index is 0.0144. The third kappa shape index (κ3) is 5.72. The Morgan fingerprint density at radius 1 is 1.30 bits per heavy atom. The number of carbonyl (C=O) groups excluding carboxylic acids is 1. The van der Waals surface area contributed by atoms with Gasteiger partial charge >= 0.3 is 5.97 Å². The Kier molecular flexibility index (Phi) is 7.26. The fraction of sp³-hybridized carbons (Fsp3) is 0.562. The van der Waals surface area contributed by atoms with E-state index >= 15 is 0 Å². The molecule has 2 N–H and O–H groups in total. The third-order valence-electron chi connectivity index (χ3n) is 3.31. The van der Waals surface area contributed by atoms with Crippen LogP contribution in [0.2, 0.25) is 0 Å². The van der Waals surface area contributed by atoms with E-state index in [-0.39, 0.29) is 18.6 Å². The van der Waals surface area contributed by atoms with E-state index in [0.29, 0.717) is 18.9 Å². The topological polar surface area (TPSA) is 58.6 Å². The monoisotopic (exact) mass is 279 g/mol. The number of methoxy groups -OCH3 is 1. The molecule has 0 saturated heterocycles. The van der Waals surface area contributed by atoms with E-state index in [1.165, 1.54) is 18.2 Å². The first kappa shape index (κ1) is 16.7. The van der Waals surface area contributed by atoms with Gasteiger partial charge in [0.2, 0.25) is 0 Å². The maximum absolute atomic E-state index is 11.4. The van der Waals surface area contributed by atoms with Crippen LogP contribution < -0.4 is 5.32 Å². The minimum Gasteiger partial charge on any atom is -0.469 e. The lowest BCUT2D eigenvalue weighted by Crippen LogP contribution is -2.35. The Labute approximate surface area is 121 Å². The zero-order valence-corrected chi connectivity index (χ0v) is 12.6. The van der Waals surface area contributed by atoms with E-state index in [9.17, 15) is 4.79 Å². The largest absolute Gasteiger partial charge is 0.469 e. The summed E-state index contributed by atoms with van der Waals surface area (Å²) in [6, 6.07) is 8.43. The number of hydrogen-bond donors (Lipinski definition) is 2. The Morgan fingerprint density at radius 2 is 1.95 bits per heavy atom. The molecule has 0 aromatic heterocycles. The van der Waals surface area contributed by atoms with Crippen LogP contribution in [0.4, 0.5) is 0 Å². The van der Waals surface area contributed by atoms with Gasteiger partial charge in [-0.3, -0.25) is 4.79 Å². The molecular formula is C16H25NO3. The summed E-state index contributed by atoms with van der Waals surface area (Å²) >= 11 is 0. The minimum atomic E-state index is -0.237. The number of aliphatic hydroxyl groups is 1. The Hall–Kier alpha value is -1.39. The number of benzene rings is 1. The molecule has 112 valence electrons. The lowest BCUT2D eigenvalue weighted by Gasteiger charge is -2.17. The van der Waals surface area contributed by atoms with Crippen molar-refractivity contribution in [2.45, 2.75) is 38.6 Å². The molecule has 4 heteroatoms. The SMILES string of the molecule is COC(=O)CC(Cc1ccc(C(C)C)cc1)NCCO. The van der Waals surface area contributed by atoms with Gasteiger partial charge in [-0.1, -0.05) is 38.1 Å². The van der Waals surface area contributed by atoms with Crippen molar-refractivity contribution in [2.24, 2.45) is 0 Å². The van der Waals surface area contributed by atoms with Gasteiger partial charge in [0, 0.05) is 12.6 Å². The average molecular weight is 279 g/mol. The van der Waals surface area contributed by atoms with Crippen molar-refractivity contribution in [1.29, 1.82) is 0 Å². The maximum Gasteiger partial charge on any atom is 0.307 e. The summed E-state index contributed by atoms with van der Waals surface area (Å²) in [7, 11) is 1.39. The first-order valence-corrected chi connectivity index (χ1v) is 7.06. The molecule has 0 bridgehead atoms. The summed E-state index contributed by atoms with van der Waals surface area (Å²) in [5, 5.41) is 12.1. The fourth-order valence-corrected chi connectivity index (χ4v) is 2.09. The predicted molar refractivity (Wildman–Crippen MR) is 79.7 cm³/mol. The summed E-state index contributed by atoms with van der Waals surface area (Å²) in [5.41, 5.74) is 2.48. The van der Waals surface area contributed by atoms with Crippen molar-refractivity contribution in [3.8, 4) is 0 Å². The van der Waals surface area contributed by atoms with Crippen LogP contribution in [0.25, 0.3) is 0 Å². The molecule has 0 heterocycles. The molecule has 1 atom stereocenters. The molecule has 1 aromatic rings. The highest BCUT2D eigenvalue weighted by Gasteiger charge is 2.14. The lowest BCUT2D eigenvalue weighted by molar-refractivity contribution is -0.141. The number of aliphatic hydroxyl groups excluding tert-OH is 1. The van der Waals surface area contributed by atoms with Gasteiger partial charge in [-0.15, -0.1) is 0 Å². The number of ether oxygens (including phenoxy) is 1. The molecule has 20 heavy (non-hydrogen) atoms. The van der Waals surface area contributed by atoms with Crippen LogP contribution in [0.3, 0.4) is 0 Å². The van der Waals surface area contributed by atoms with Gasteiger partial charge in [-0.05, 0) is 23.5 Å². The number of esters is 1. The summed E-state index contributed by atoms with van der Waals surface area (Å²) in [5.74, 6) is 0.279. The molecule has 0 radical (unpaired) electrons. The van der Waals surface area contributed by atoms with Crippen molar-refractivity contribution in [3.05, 3.63) is 35.4 Å². The van der Waals surface area contributed by atoms with Gasteiger partial charge in [0.1, 0.15) is 0 Å². The van der Waals surface area contributed by atoms with Gasteiger partial charge in [-0.2, -0.15) is 0 Å². The number of rotatable bonds is 8. The standard InChI is InChI=1S/C16H25NO3/c1-12(2)14-6-4-13(5-7-14)10-15(17-8-9-18)11-16(19)20-3/h4-7,12,15,17-18H,8-11H2,1-3H3. The molecule has 0 fully saturated rings. The second kappa shape index (κ2) is 8.72. The van der Waals surface area contributed by atoms with E-state index in [0.717, 1.165) is 6.42 Å². The smallest absolute Gasteiger partial charge is 0.307 e. The van der Waals surface area contributed by atoms with Crippen LogP contribution in [0.15, 0.2) is 24.3 Å². The van der Waals surface area contributed by atoms with Crippen LogP contribution >= 0.6 is 0 Å². The van der Waals surface area contributed by atoms with Gasteiger partial charge in [-0.25, -0.2) is 0 Å². The average Bonchev–Trinajstić information content (AvgIpc) is 2.45. The highest BCUT2D eigenvalue weighted by atomic mass is 16.5. The molecule has 0 saturated carbocycles. The highest BCUT2D eigenvalue weighted by Crippen LogP contribution is 2.16. The summed E-state index contributed by atoms with van der Waals surface area (Å²) in [4.78, 5) is 11.4. The Bertz CT molecular complexity index is 401. The van der Waals surface area contributed by atoms with E-state index in [1.807, 2.05) is 0 Å². The quantitative estimate of drug-likeness (QED) is 0.713. The van der Waals surface area contributed by atoms with Crippen molar-refractivity contribution >= 4 is 5.97 Å². The van der Waals surface area contributed by atoms with E-state index in [4.69, 9.17) is 9.84 Å². The van der Waals surface area contributed by atoms with Crippen LogP contribution in [-0.2, 0) is 16.0 Å². The Morgan fingerprint density at radius 3 is 2.45 bits per heavy atom. The second-order valence-corrected chi connectivity index (χ2v) is 5.26. The lowest BCUT2D eigenvalue weighted by atomic mass is 9.98.